The average molecular weight is 376 g/mol. The van der Waals surface area contributed by atoms with Gasteiger partial charge in [0.1, 0.15) is 12.4 Å². The predicted octanol–water partition coefficient (Wildman–Crippen LogP) is 2.48. The van der Waals surface area contributed by atoms with Gasteiger partial charge in [-0.15, -0.1) is 5.10 Å². The van der Waals surface area contributed by atoms with Gasteiger partial charge in [-0.3, -0.25) is 9.59 Å². The first-order valence-corrected chi connectivity index (χ1v) is 8.08. The summed E-state index contributed by atoms with van der Waals surface area (Å²) >= 11 is 5.68. The second-order valence-electron chi connectivity index (χ2n) is 5.70. The number of nitrogens with one attached hydrogen (secondary N) is 1. The predicted molar refractivity (Wildman–Crippen MR) is 95.1 cm³/mol. The van der Waals surface area contributed by atoms with Crippen LogP contribution >= 0.6 is 11.6 Å². The Morgan fingerprint density at radius 2 is 1.96 bits per heavy atom. The van der Waals surface area contributed by atoms with Crippen LogP contribution in [0.3, 0.4) is 0 Å². The maximum atomic E-state index is 13.2. The van der Waals surface area contributed by atoms with E-state index in [1.807, 2.05) is 19.9 Å². The van der Waals surface area contributed by atoms with Crippen molar-refractivity contribution < 1.29 is 9.18 Å². The zero-order valence-corrected chi connectivity index (χ0v) is 14.8. The van der Waals surface area contributed by atoms with Crippen molar-refractivity contribution in [3.63, 3.8) is 0 Å². The average Bonchev–Trinajstić information content (AvgIpc) is 2.91. The van der Waals surface area contributed by atoms with E-state index in [4.69, 9.17) is 11.6 Å². The number of aryl methyl sites for hydroxylation is 2. The second kappa shape index (κ2) is 7.09. The molecule has 3 aromatic rings. The summed E-state index contributed by atoms with van der Waals surface area (Å²) in [6, 6.07) is 8.55. The second-order valence-corrected chi connectivity index (χ2v) is 6.11. The summed E-state index contributed by atoms with van der Waals surface area (Å²) in [4.78, 5) is 24.2. The molecule has 0 bridgehead atoms. The van der Waals surface area contributed by atoms with Crippen LogP contribution in [0.5, 0.6) is 0 Å². The van der Waals surface area contributed by atoms with Crippen LogP contribution in [0.15, 0.2) is 41.2 Å². The minimum absolute atomic E-state index is 0.107. The van der Waals surface area contributed by atoms with Gasteiger partial charge >= 0.3 is 0 Å². The highest BCUT2D eigenvalue weighted by Gasteiger charge is 2.11. The summed E-state index contributed by atoms with van der Waals surface area (Å²) < 4.78 is 15.8. The first kappa shape index (κ1) is 17.8. The highest BCUT2D eigenvalue weighted by molar-refractivity contribution is 6.31. The van der Waals surface area contributed by atoms with Gasteiger partial charge in [0.25, 0.3) is 5.56 Å². The van der Waals surface area contributed by atoms with Crippen LogP contribution in [0.1, 0.15) is 11.4 Å². The van der Waals surface area contributed by atoms with Crippen molar-refractivity contribution in [2.45, 2.75) is 20.4 Å². The Hall–Kier alpha value is -3.00. The Labute approximate surface area is 153 Å². The number of benzene rings is 1. The van der Waals surface area contributed by atoms with Crippen LogP contribution in [0.2, 0.25) is 5.02 Å². The molecule has 0 saturated heterocycles. The van der Waals surface area contributed by atoms with Crippen molar-refractivity contribution in [1.82, 2.24) is 19.6 Å². The molecular weight excluding hydrogens is 361 g/mol. The first-order chi connectivity index (χ1) is 12.3. The molecule has 1 N–H and O–H groups in total. The standard InChI is InChI=1S/C17H15ClFN5O2/c1-10-7-11(2)24(21-10)15-5-6-17(26)23(22-15)9-16(25)20-12-3-4-14(19)13(18)8-12/h3-8H,9H2,1-2H3,(H,20,25). The number of nitrogens with zero attached hydrogens (tertiary/aromatic N) is 4. The number of anilines is 1. The van der Waals surface area contributed by atoms with Crippen molar-refractivity contribution in [2.24, 2.45) is 0 Å². The molecule has 0 aliphatic carbocycles. The third-order valence-electron chi connectivity index (χ3n) is 3.58. The number of rotatable bonds is 4. The molecule has 0 radical (unpaired) electrons. The van der Waals surface area contributed by atoms with E-state index in [-0.39, 0.29) is 11.6 Å². The van der Waals surface area contributed by atoms with E-state index in [2.05, 4.69) is 15.5 Å². The molecule has 0 atom stereocenters. The number of halogens is 2. The van der Waals surface area contributed by atoms with E-state index >= 15 is 0 Å². The number of aromatic nitrogens is 4. The number of hydrogen-bond donors (Lipinski definition) is 1. The fraction of sp³-hybridized carbons (Fsp3) is 0.176. The molecular formula is C17H15ClFN5O2. The van der Waals surface area contributed by atoms with Crippen LogP contribution in [0.4, 0.5) is 10.1 Å². The molecule has 0 saturated carbocycles. The zero-order chi connectivity index (χ0) is 18.8. The van der Waals surface area contributed by atoms with Gasteiger partial charge in [-0.05, 0) is 44.2 Å². The fourth-order valence-corrected chi connectivity index (χ4v) is 2.62. The third-order valence-corrected chi connectivity index (χ3v) is 3.87. The van der Waals surface area contributed by atoms with Crippen molar-refractivity contribution >= 4 is 23.2 Å². The van der Waals surface area contributed by atoms with E-state index in [9.17, 15) is 14.0 Å². The van der Waals surface area contributed by atoms with Crippen LogP contribution < -0.4 is 10.9 Å². The summed E-state index contributed by atoms with van der Waals surface area (Å²) in [6.07, 6.45) is 0. The van der Waals surface area contributed by atoms with Crippen molar-refractivity contribution in [3.05, 3.63) is 69.0 Å². The molecule has 0 unspecified atom stereocenters. The highest BCUT2D eigenvalue weighted by atomic mass is 35.5. The third kappa shape index (κ3) is 3.80. The molecule has 2 heterocycles. The lowest BCUT2D eigenvalue weighted by Crippen LogP contribution is -2.30. The zero-order valence-electron chi connectivity index (χ0n) is 14.0. The van der Waals surface area contributed by atoms with Crippen LogP contribution in [-0.4, -0.2) is 25.5 Å². The van der Waals surface area contributed by atoms with Gasteiger partial charge in [0.2, 0.25) is 5.91 Å². The molecule has 2 aromatic heterocycles. The minimum atomic E-state index is -0.583. The molecule has 26 heavy (non-hydrogen) atoms. The smallest absolute Gasteiger partial charge is 0.267 e. The molecule has 7 nitrogen and oxygen atoms in total. The van der Waals surface area contributed by atoms with Crippen LogP contribution in [0.25, 0.3) is 5.82 Å². The molecule has 1 amide bonds. The van der Waals surface area contributed by atoms with E-state index in [0.717, 1.165) is 22.1 Å². The summed E-state index contributed by atoms with van der Waals surface area (Å²) in [5, 5.41) is 10.9. The first-order valence-electron chi connectivity index (χ1n) is 7.70. The van der Waals surface area contributed by atoms with Crippen molar-refractivity contribution in [3.8, 4) is 5.82 Å². The summed E-state index contributed by atoms with van der Waals surface area (Å²) in [7, 11) is 0. The van der Waals surface area contributed by atoms with E-state index in [0.29, 0.717) is 11.5 Å². The topological polar surface area (TPSA) is 81.8 Å². The van der Waals surface area contributed by atoms with E-state index in [1.54, 1.807) is 4.68 Å². The van der Waals surface area contributed by atoms with Gasteiger partial charge < -0.3 is 5.32 Å². The normalized spacial score (nSPS) is 10.8. The Morgan fingerprint density at radius 3 is 2.62 bits per heavy atom. The molecule has 134 valence electrons. The SMILES string of the molecule is Cc1cc(C)n(-c2ccc(=O)n(CC(=O)Nc3ccc(F)c(Cl)c3)n2)n1. The molecule has 0 aliphatic rings. The summed E-state index contributed by atoms with van der Waals surface area (Å²) in [5.41, 5.74) is 1.56. The number of carbonyl (C=O) groups is 1. The maximum Gasteiger partial charge on any atom is 0.267 e. The van der Waals surface area contributed by atoms with Crippen LogP contribution in [0, 0.1) is 19.7 Å². The molecule has 0 fully saturated rings. The van der Waals surface area contributed by atoms with Gasteiger partial charge in [-0.25, -0.2) is 13.8 Å². The number of carbonyl (C=O) groups excluding carboxylic acids is 1. The van der Waals surface area contributed by atoms with Gasteiger partial charge in [0.15, 0.2) is 5.82 Å². The monoisotopic (exact) mass is 375 g/mol. The summed E-state index contributed by atoms with van der Waals surface area (Å²) in [6.45, 7) is 3.41. The maximum absolute atomic E-state index is 13.2. The van der Waals surface area contributed by atoms with Gasteiger partial charge in [-0.2, -0.15) is 5.10 Å². The van der Waals surface area contributed by atoms with Crippen molar-refractivity contribution in [1.29, 1.82) is 0 Å². The lowest BCUT2D eigenvalue weighted by atomic mass is 10.3. The van der Waals surface area contributed by atoms with Gasteiger partial charge in [0.05, 0.1) is 10.7 Å². The van der Waals surface area contributed by atoms with Gasteiger partial charge in [0, 0.05) is 17.4 Å². The lowest BCUT2D eigenvalue weighted by molar-refractivity contribution is -0.117. The fourth-order valence-electron chi connectivity index (χ4n) is 2.44. The number of amides is 1. The lowest BCUT2D eigenvalue weighted by Gasteiger charge is -2.09. The molecule has 0 aliphatic heterocycles. The quantitative estimate of drug-likeness (QED) is 0.759. The Kier molecular flexibility index (Phi) is 4.85. The minimum Gasteiger partial charge on any atom is -0.324 e. The van der Waals surface area contributed by atoms with Crippen molar-refractivity contribution in [2.75, 3.05) is 5.32 Å². The molecule has 1 aromatic carbocycles. The largest absolute Gasteiger partial charge is 0.324 e. The Morgan fingerprint density at radius 1 is 1.19 bits per heavy atom. The van der Waals surface area contributed by atoms with E-state index in [1.165, 1.54) is 24.3 Å². The summed E-state index contributed by atoms with van der Waals surface area (Å²) in [5.74, 6) is -0.652. The molecule has 0 spiro atoms. The Balaban J connectivity index is 1.81. The Bertz CT molecular complexity index is 1040. The molecule has 3 rings (SSSR count). The van der Waals surface area contributed by atoms with Crippen LogP contribution in [-0.2, 0) is 11.3 Å². The molecule has 9 heteroatoms. The number of hydrogen-bond acceptors (Lipinski definition) is 4. The van der Waals surface area contributed by atoms with Gasteiger partial charge in [-0.1, -0.05) is 11.6 Å². The highest BCUT2D eigenvalue weighted by Crippen LogP contribution is 2.19. The van der Waals surface area contributed by atoms with E-state index < -0.39 is 17.3 Å².